The van der Waals surface area contributed by atoms with Crippen molar-refractivity contribution in [3.05, 3.63) is 58.7 Å². The van der Waals surface area contributed by atoms with Gasteiger partial charge in [0.25, 0.3) is 0 Å². The number of aromatic hydroxyl groups is 1. The Morgan fingerprint density at radius 1 is 1.21 bits per heavy atom. The van der Waals surface area contributed by atoms with Crippen LogP contribution in [-0.4, -0.2) is 16.4 Å². The molecule has 0 spiro atoms. The summed E-state index contributed by atoms with van der Waals surface area (Å²) in [6.45, 7) is 1.89. The highest BCUT2D eigenvalue weighted by Gasteiger charge is 2.07. The first-order valence-corrected chi connectivity index (χ1v) is 5.68. The number of aromatic nitrogens is 1. The van der Waals surface area contributed by atoms with E-state index in [1.807, 2.05) is 19.1 Å². The minimum atomic E-state index is -0.814. The number of hydrogen-bond acceptors (Lipinski definition) is 3. The van der Waals surface area contributed by atoms with E-state index in [0.29, 0.717) is 11.8 Å². The third kappa shape index (κ3) is 3.04. The third-order valence-electron chi connectivity index (χ3n) is 2.64. The van der Waals surface area contributed by atoms with Gasteiger partial charge < -0.3 is 5.11 Å². The van der Waals surface area contributed by atoms with Crippen LogP contribution in [0.2, 0.25) is 0 Å². The minimum absolute atomic E-state index is 0.0679. The molecule has 1 aromatic carbocycles. The number of rotatable bonds is 3. The van der Waals surface area contributed by atoms with Crippen LogP contribution >= 0.6 is 0 Å². The number of pyridine rings is 1. The summed E-state index contributed by atoms with van der Waals surface area (Å²) in [5.74, 6) is -1.43. The van der Waals surface area contributed by atoms with Gasteiger partial charge in [0, 0.05) is 11.9 Å². The Bertz CT molecular complexity index is 633. The Kier molecular flexibility index (Phi) is 3.71. The first-order chi connectivity index (χ1) is 9.10. The quantitative estimate of drug-likeness (QED) is 0.859. The van der Waals surface area contributed by atoms with Crippen LogP contribution in [0.1, 0.15) is 27.2 Å². The number of aryl methyl sites for hydroxylation is 1. The highest BCUT2D eigenvalue weighted by atomic mass is 19.1. The first kappa shape index (κ1) is 13.0. The Labute approximate surface area is 110 Å². The van der Waals surface area contributed by atoms with Crippen LogP contribution in [0.15, 0.2) is 30.5 Å². The van der Waals surface area contributed by atoms with Gasteiger partial charge >= 0.3 is 0 Å². The van der Waals surface area contributed by atoms with Gasteiger partial charge in [0.05, 0.1) is 5.56 Å². The lowest BCUT2D eigenvalue weighted by atomic mass is 10.1. The van der Waals surface area contributed by atoms with Gasteiger partial charge in [-0.3, -0.25) is 9.78 Å². The van der Waals surface area contributed by atoms with E-state index in [4.69, 9.17) is 0 Å². The molecule has 1 N–H and O–H groups in total. The molecule has 0 fully saturated rings. The van der Waals surface area contributed by atoms with E-state index in [2.05, 4.69) is 4.98 Å². The summed E-state index contributed by atoms with van der Waals surface area (Å²) in [7, 11) is 0. The van der Waals surface area contributed by atoms with Gasteiger partial charge in [-0.05, 0) is 36.2 Å². The zero-order chi connectivity index (χ0) is 13.8. The highest BCUT2D eigenvalue weighted by Crippen LogP contribution is 2.22. The second kappa shape index (κ2) is 5.44. The number of aldehydes is 1. The highest BCUT2D eigenvalue weighted by molar-refractivity contribution is 5.82. The summed E-state index contributed by atoms with van der Waals surface area (Å²) < 4.78 is 13.4. The molecule has 1 aromatic heterocycles. The molecular weight excluding hydrogens is 245 g/mol. The lowest BCUT2D eigenvalue weighted by Crippen LogP contribution is -1.88. The molecule has 0 atom stereocenters. The molecule has 0 unspecified atom stereocenters. The summed E-state index contributed by atoms with van der Waals surface area (Å²) in [4.78, 5) is 14.8. The fraction of sp³-hybridized carbons (Fsp3) is 0.0667. The molecule has 0 aliphatic heterocycles. The Morgan fingerprint density at radius 2 is 1.95 bits per heavy atom. The summed E-state index contributed by atoms with van der Waals surface area (Å²) >= 11 is 0. The van der Waals surface area contributed by atoms with Crippen molar-refractivity contribution in [2.75, 3.05) is 0 Å². The van der Waals surface area contributed by atoms with Gasteiger partial charge in [-0.25, -0.2) is 4.39 Å². The van der Waals surface area contributed by atoms with Crippen LogP contribution in [0.4, 0.5) is 4.39 Å². The summed E-state index contributed by atoms with van der Waals surface area (Å²) in [6.07, 6.45) is 5.53. The van der Waals surface area contributed by atoms with Crippen LogP contribution in [-0.2, 0) is 0 Å². The Hall–Kier alpha value is -2.49. The fourth-order valence-corrected chi connectivity index (χ4v) is 1.60. The van der Waals surface area contributed by atoms with E-state index in [1.165, 1.54) is 12.1 Å². The monoisotopic (exact) mass is 257 g/mol. The molecule has 0 aliphatic rings. The van der Waals surface area contributed by atoms with Crippen molar-refractivity contribution in [1.82, 2.24) is 4.98 Å². The van der Waals surface area contributed by atoms with E-state index >= 15 is 0 Å². The number of nitrogens with zero attached hydrogens (tertiary/aromatic N) is 1. The topological polar surface area (TPSA) is 50.2 Å². The molecule has 0 radical (unpaired) electrons. The van der Waals surface area contributed by atoms with Crippen LogP contribution in [0.5, 0.6) is 5.75 Å². The van der Waals surface area contributed by atoms with Crippen LogP contribution < -0.4 is 0 Å². The van der Waals surface area contributed by atoms with Crippen molar-refractivity contribution in [2.45, 2.75) is 6.92 Å². The number of halogens is 1. The zero-order valence-electron chi connectivity index (χ0n) is 10.3. The third-order valence-corrected chi connectivity index (χ3v) is 2.64. The van der Waals surface area contributed by atoms with E-state index in [0.717, 1.165) is 11.3 Å². The second-order valence-electron chi connectivity index (χ2n) is 4.12. The second-order valence-corrected chi connectivity index (χ2v) is 4.12. The molecule has 3 nitrogen and oxygen atoms in total. The van der Waals surface area contributed by atoms with Crippen LogP contribution in [0.3, 0.4) is 0 Å². The zero-order valence-corrected chi connectivity index (χ0v) is 10.3. The van der Waals surface area contributed by atoms with Gasteiger partial charge in [0.2, 0.25) is 0 Å². The van der Waals surface area contributed by atoms with Gasteiger partial charge in [0.15, 0.2) is 17.9 Å². The Balaban J connectivity index is 2.30. The molecule has 0 saturated carbocycles. The maximum Gasteiger partial charge on any atom is 0.166 e. The average Bonchev–Trinajstić information content (AvgIpc) is 2.41. The molecule has 1 heterocycles. The average molecular weight is 257 g/mol. The van der Waals surface area contributed by atoms with E-state index in [9.17, 15) is 14.3 Å². The Morgan fingerprint density at radius 3 is 2.58 bits per heavy atom. The number of phenolic OH excluding ortho intramolecular Hbond substituents is 1. The van der Waals surface area contributed by atoms with Crippen molar-refractivity contribution in [3.63, 3.8) is 0 Å². The van der Waals surface area contributed by atoms with Crippen molar-refractivity contribution >= 4 is 18.4 Å². The number of hydrogen-bond donors (Lipinski definition) is 1. The number of phenols is 1. The lowest BCUT2D eigenvalue weighted by Gasteiger charge is -2.01. The molecule has 0 saturated heterocycles. The first-order valence-electron chi connectivity index (χ1n) is 5.68. The van der Waals surface area contributed by atoms with Gasteiger partial charge in [-0.1, -0.05) is 18.2 Å². The molecule has 19 heavy (non-hydrogen) atoms. The van der Waals surface area contributed by atoms with Gasteiger partial charge in [-0.2, -0.15) is 0 Å². The SMILES string of the molecule is Cc1ccc(/C=C/c2cc(F)c(O)c(C=O)c2)cn1. The normalized spacial score (nSPS) is 10.8. The summed E-state index contributed by atoms with van der Waals surface area (Å²) in [5, 5.41) is 9.30. The maximum atomic E-state index is 13.4. The lowest BCUT2D eigenvalue weighted by molar-refractivity contribution is 0.112. The van der Waals surface area contributed by atoms with Crippen LogP contribution in [0, 0.1) is 12.7 Å². The molecule has 4 heteroatoms. The molecule has 0 amide bonds. The molecule has 2 aromatic rings. The number of benzene rings is 1. The largest absolute Gasteiger partial charge is 0.504 e. The number of carbonyl (C=O) groups is 1. The maximum absolute atomic E-state index is 13.4. The predicted molar refractivity (Wildman–Crippen MR) is 71.4 cm³/mol. The van der Waals surface area contributed by atoms with Gasteiger partial charge in [0.1, 0.15) is 0 Å². The standard InChI is InChI=1S/C15H12FNO2/c1-10-2-3-11(8-17-10)4-5-12-6-13(9-18)15(19)14(16)7-12/h2-9,19H,1H3/b5-4+. The van der Waals surface area contributed by atoms with Crippen LogP contribution in [0.25, 0.3) is 12.2 Å². The predicted octanol–water partition coefficient (Wildman–Crippen LogP) is 3.22. The van der Waals surface area contributed by atoms with Crippen molar-refractivity contribution in [3.8, 4) is 5.75 Å². The molecule has 96 valence electrons. The van der Waals surface area contributed by atoms with E-state index < -0.39 is 11.6 Å². The molecule has 0 aliphatic carbocycles. The summed E-state index contributed by atoms with van der Waals surface area (Å²) in [5.41, 5.74) is 2.21. The summed E-state index contributed by atoms with van der Waals surface area (Å²) in [6, 6.07) is 6.34. The molecular formula is C15H12FNO2. The van der Waals surface area contributed by atoms with E-state index in [-0.39, 0.29) is 5.56 Å². The van der Waals surface area contributed by atoms with Gasteiger partial charge in [-0.15, -0.1) is 0 Å². The van der Waals surface area contributed by atoms with E-state index in [1.54, 1.807) is 18.3 Å². The fourth-order valence-electron chi connectivity index (χ4n) is 1.60. The van der Waals surface area contributed by atoms with Crippen molar-refractivity contribution in [2.24, 2.45) is 0 Å². The minimum Gasteiger partial charge on any atom is -0.504 e. The molecule has 0 bridgehead atoms. The number of carbonyl (C=O) groups excluding carboxylic acids is 1. The van der Waals surface area contributed by atoms with Crippen molar-refractivity contribution < 1.29 is 14.3 Å². The smallest absolute Gasteiger partial charge is 0.166 e. The molecule has 2 rings (SSSR count). The van der Waals surface area contributed by atoms with Crippen molar-refractivity contribution in [1.29, 1.82) is 0 Å².